The maximum absolute atomic E-state index is 3.56. The molecule has 0 amide bonds. The number of allylic oxidation sites excluding steroid dienone is 7. The Morgan fingerprint density at radius 1 is 1.00 bits per heavy atom. The summed E-state index contributed by atoms with van der Waals surface area (Å²) in [5, 5.41) is 0. The van der Waals surface area contributed by atoms with Crippen molar-refractivity contribution < 1.29 is 0 Å². The van der Waals surface area contributed by atoms with E-state index >= 15 is 0 Å². The van der Waals surface area contributed by atoms with Crippen molar-refractivity contribution in [1.82, 2.24) is 0 Å². The van der Waals surface area contributed by atoms with Gasteiger partial charge in [0.25, 0.3) is 0 Å². The molecule has 0 unspecified atom stereocenters. The molecule has 0 N–H and O–H groups in total. The Balaban J connectivity index is 3.34. The fraction of sp³-hybridized carbons (Fsp3) is 0.100. The molecule has 0 heteroatoms. The van der Waals surface area contributed by atoms with Crippen LogP contribution in [0.2, 0.25) is 0 Å². The minimum Gasteiger partial charge on any atom is -0.0991 e. The summed E-state index contributed by atoms with van der Waals surface area (Å²) in [5.74, 6) is 0. The number of hydrogen-bond donors (Lipinski definition) is 0. The second-order valence-electron chi connectivity index (χ2n) is 1.76. The van der Waals surface area contributed by atoms with Crippen molar-refractivity contribution in [3.8, 4) is 0 Å². The van der Waals surface area contributed by atoms with Crippen LogP contribution in [0.5, 0.6) is 0 Å². The summed E-state index contributed by atoms with van der Waals surface area (Å²) in [7, 11) is 0. The lowest BCUT2D eigenvalue weighted by Crippen LogP contribution is -1.55. The largest absolute Gasteiger partial charge is 0.0991 e. The van der Waals surface area contributed by atoms with E-state index in [4.69, 9.17) is 0 Å². The molecule has 0 aliphatic heterocycles. The van der Waals surface area contributed by atoms with E-state index < -0.39 is 0 Å². The zero-order valence-electron chi connectivity index (χ0n) is 6.16. The third-order valence-electron chi connectivity index (χ3n) is 0.928. The molecule has 53 valence electrons. The van der Waals surface area contributed by atoms with Crippen LogP contribution in [0, 0.1) is 6.92 Å². The summed E-state index contributed by atoms with van der Waals surface area (Å²) in [6.45, 7) is 7.11. The Morgan fingerprint density at radius 2 is 1.70 bits per heavy atom. The highest BCUT2D eigenvalue weighted by molar-refractivity contribution is 5.07. The number of rotatable bonds is 4. The Labute approximate surface area is 63.3 Å². The summed E-state index contributed by atoms with van der Waals surface area (Å²) < 4.78 is 0. The van der Waals surface area contributed by atoms with Crippen molar-refractivity contribution in [3.63, 3.8) is 0 Å². The van der Waals surface area contributed by atoms with Crippen molar-refractivity contribution in [1.29, 1.82) is 0 Å². The van der Waals surface area contributed by atoms with Crippen molar-refractivity contribution in [2.24, 2.45) is 0 Å². The van der Waals surface area contributed by atoms with E-state index in [9.17, 15) is 0 Å². The molecule has 0 saturated carbocycles. The van der Waals surface area contributed by atoms with Gasteiger partial charge in [0.15, 0.2) is 0 Å². The van der Waals surface area contributed by atoms with Crippen molar-refractivity contribution >= 4 is 0 Å². The second-order valence-corrected chi connectivity index (χ2v) is 1.76. The molecule has 0 saturated heterocycles. The SMILES string of the molecule is [CH2]C=CC=CCC=CC=C. The maximum Gasteiger partial charge on any atom is -0.0163 e. The zero-order valence-corrected chi connectivity index (χ0v) is 6.16. The topological polar surface area (TPSA) is 0 Å². The predicted molar refractivity (Wildman–Crippen MR) is 47.6 cm³/mol. The van der Waals surface area contributed by atoms with E-state index in [1.165, 1.54) is 0 Å². The lowest BCUT2D eigenvalue weighted by molar-refractivity contribution is 1.39. The first kappa shape index (κ1) is 8.96. The van der Waals surface area contributed by atoms with Gasteiger partial charge < -0.3 is 0 Å². The minimum absolute atomic E-state index is 0.955. The van der Waals surface area contributed by atoms with Gasteiger partial charge in [-0.1, -0.05) is 49.1 Å². The van der Waals surface area contributed by atoms with Gasteiger partial charge in [-0.2, -0.15) is 0 Å². The standard InChI is InChI=1S/C10H13/c1-3-5-7-9-10-8-6-4-2/h3-9H,1-2,10H2. The molecular formula is C10H13. The minimum atomic E-state index is 0.955. The molecule has 10 heavy (non-hydrogen) atoms. The Morgan fingerprint density at radius 3 is 2.30 bits per heavy atom. The summed E-state index contributed by atoms with van der Waals surface area (Å²) >= 11 is 0. The lowest BCUT2D eigenvalue weighted by atomic mass is 10.3. The summed E-state index contributed by atoms with van der Waals surface area (Å²) in [6.07, 6.45) is 14.4. The average Bonchev–Trinajstić information content (AvgIpc) is 1.97. The Bertz CT molecular complexity index is 147. The van der Waals surface area contributed by atoms with Crippen LogP contribution in [-0.2, 0) is 0 Å². The maximum atomic E-state index is 3.56. The fourth-order valence-electron chi connectivity index (χ4n) is 0.489. The molecule has 0 aromatic rings. The van der Waals surface area contributed by atoms with Gasteiger partial charge in [-0.05, 0) is 13.3 Å². The van der Waals surface area contributed by atoms with E-state index in [1.807, 2.05) is 24.3 Å². The highest BCUT2D eigenvalue weighted by Gasteiger charge is 1.65. The monoisotopic (exact) mass is 133 g/mol. The Hall–Kier alpha value is -1.04. The fourth-order valence-corrected chi connectivity index (χ4v) is 0.489. The van der Waals surface area contributed by atoms with E-state index in [1.54, 1.807) is 12.2 Å². The molecule has 0 rings (SSSR count). The van der Waals surface area contributed by atoms with Gasteiger partial charge in [-0.15, -0.1) is 0 Å². The first-order chi connectivity index (χ1) is 4.91. The van der Waals surface area contributed by atoms with Gasteiger partial charge in [0.05, 0.1) is 0 Å². The zero-order chi connectivity index (χ0) is 7.66. The van der Waals surface area contributed by atoms with Crippen LogP contribution in [0.1, 0.15) is 6.42 Å². The van der Waals surface area contributed by atoms with Gasteiger partial charge in [-0.25, -0.2) is 0 Å². The molecule has 0 aliphatic rings. The van der Waals surface area contributed by atoms with E-state index in [0.717, 1.165) is 6.42 Å². The molecule has 0 fully saturated rings. The molecular weight excluding hydrogens is 120 g/mol. The van der Waals surface area contributed by atoms with E-state index in [2.05, 4.69) is 19.6 Å². The number of hydrogen-bond acceptors (Lipinski definition) is 0. The van der Waals surface area contributed by atoms with E-state index in [-0.39, 0.29) is 0 Å². The van der Waals surface area contributed by atoms with Crippen LogP contribution in [0.15, 0.2) is 49.1 Å². The first-order valence-corrected chi connectivity index (χ1v) is 3.30. The molecule has 1 radical (unpaired) electrons. The predicted octanol–water partition coefficient (Wildman–Crippen LogP) is 3.07. The highest BCUT2D eigenvalue weighted by Crippen LogP contribution is 1.86. The van der Waals surface area contributed by atoms with Crippen LogP contribution >= 0.6 is 0 Å². The van der Waals surface area contributed by atoms with Gasteiger partial charge in [0.1, 0.15) is 0 Å². The van der Waals surface area contributed by atoms with Crippen LogP contribution < -0.4 is 0 Å². The quantitative estimate of drug-likeness (QED) is 0.517. The molecule has 0 aromatic carbocycles. The lowest BCUT2D eigenvalue weighted by Gasteiger charge is -1.76. The third-order valence-corrected chi connectivity index (χ3v) is 0.928. The smallest absolute Gasteiger partial charge is 0.0163 e. The van der Waals surface area contributed by atoms with Gasteiger partial charge in [-0.3, -0.25) is 0 Å². The molecule has 0 nitrogen and oxygen atoms in total. The average molecular weight is 133 g/mol. The van der Waals surface area contributed by atoms with Crippen LogP contribution in [0.4, 0.5) is 0 Å². The second kappa shape index (κ2) is 7.96. The normalized spacial score (nSPS) is 12.1. The molecule has 0 aliphatic carbocycles. The molecule has 0 heterocycles. The third kappa shape index (κ3) is 6.96. The van der Waals surface area contributed by atoms with Gasteiger partial charge in [0, 0.05) is 0 Å². The molecule has 0 spiro atoms. The van der Waals surface area contributed by atoms with Gasteiger partial charge >= 0.3 is 0 Å². The van der Waals surface area contributed by atoms with E-state index in [0.29, 0.717) is 0 Å². The van der Waals surface area contributed by atoms with Crippen LogP contribution in [-0.4, -0.2) is 0 Å². The molecule has 0 atom stereocenters. The highest BCUT2D eigenvalue weighted by atomic mass is 13.7. The van der Waals surface area contributed by atoms with Crippen molar-refractivity contribution in [2.75, 3.05) is 0 Å². The first-order valence-electron chi connectivity index (χ1n) is 3.30. The van der Waals surface area contributed by atoms with Crippen LogP contribution in [0.3, 0.4) is 0 Å². The molecule has 0 bridgehead atoms. The summed E-state index contributed by atoms with van der Waals surface area (Å²) in [4.78, 5) is 0. The summed E-state index contributed by atoms with van der Waals surface area (Å²) in [5.41, 5.74) is 0. The van der Waals surface area contributed by atoms with Gasteiger partial charge in [0.2, 0.25) is 0 Å². The van der Waals surface area contributed by atoms with Crippen molar-refractivity contribution in [3.05, 3.63) is 56.0 Å². The molecule has 0 aromatic heterocycles. The van der Waals surface area contributed by atoms with Crippen LogP contribution in [0.25, 0.3) is 0 Å². The Kier molecular flexibility index (Phi) is 7.13. The van der Waals surface area contributed by atoms with Crippen molar-refractivity contribution in [2.45, 2.75) is 6.42 Å². The summed E-state index contributed by atoms with van der Waals surface area (Å²) in [6, 6.07) is 0.